The fourth-order valence-corrected chi connectivity index (χ4v) is 3.08. The molecule has 0 aliphatic carbocycles. The number of alkyl halides is 1. The highest BCUT2D eigenvalue weighted by molar-refractivity contribution is 9.09. The maximum Gasteiger partial charge on any atom is 0.196 e. The summed E-state index contributed by atoms with van der Waals surface area (Å²) in [5, 5.41) is 0. The van der Waals surface area contributed by atoms with E-state index in [1.165, 1.54) is 10.5 Å². The molecule has 0 spiro atoms. The highest BCUT2D eigenvalue weighted by Crippen LogP contribution is 2.29. The molecule has 1 atom stereocenters. The van der Waals surface area contributed by atoms with Gasteiger partial charge in [0.2, 0.25) is 0 Å². The summed E-state index contributed by atoms with van der Waals surface area (Å²) in [6.45, 7) is 0. The molecule has 0 saturated carbocycles. The molecule has 0 bridgehead atoms. The molecule has 20 heavy (non-hydrogen) atoms. The van der Waals surface area contributed by atoms with E-state index in [0.29, 0.717) is 0 Å². The van der Waals surface area contributed by atoms with Gasteiger partial charge >= 0.3 is 0 Å². The smallest absolute Gasteiger partial charge is 0.196 e. The van der Waals surface area contributed by atoms with Gasteiger partial charge in [-0.1, -0.05) is 40.2 Å². The van der Waals surface area contributed by atoms with Crippen LogP contribution in [0.5, 0.6) is 0 Å². The lowest BCUT2D eigenvalue weighted by Gasteiger charge is -2.08. The van der Waals surface area contributed by atoms with E-state index in [2.05, 4.69) is 51.4 Å². The van der Waals surface area contributed by atoms with Crippen LogP contribution in [0.1, 0.15) is 16.3 Å². The summed E-state index contributed by atoms with van der Waals surface area (Å²) in [5.74, 6) is 0.766. The third-order valence-electron chi connectivity index (χ3n) is 3.17. The molecule has 1 unspecified atom stereocenters. The second-order valence-corrected chi connectivity index (χ2v) is 6.51. The maximum atomic E-state index is 5.76. The molecular weight excluding hydrogens is 334 g/mol. The maximum absolute atomic E-state index is 5.76. The van der Waals surface area contributed by atoms with Gasteiger partial charge in [-0.15, -0.1) is 11.8 Å². The number of hydrogen-bond donors (Lipinski definition) is 0. The van der Waals surface area contributed by atoms with Gasteiger partial charge in [-0.3, -0.25) is 0 Å². The fraction of sp³-hybridized carbons (Fsp3) is 0.188. The minimum atomic E-state index is 0.214. The lowest BCUT2D eigenvalue weighted by Crippen LogP contribution is -1.95. The van der Waals surface area contributed by atoms with E-state index in [1.807, 2.05) is 24.3 Å². The van der Waals surface area contributed by atoms with E-state index in [-0.39, 0.29) is 4.83 Å². The van der Waals surface area contributed by atoms with Gasteiger partial charge in [-0.2, -0.15) is 0 Å². The predicted molar refractivity (Wildman–Crippen MR) is 87.6 cm³/mol. The van der Waals surface area contributed by atoms with Crippen molar-refractivity contribution in [1.82, 2.24) is 4.98 Å². The van der Waals surface area contributed by atoms with Crippen LogP contribution in [0.25, 0.3) is 11.1 Å². The molecule has 1 aromatic heterocycles. The second-order valence-electron chi connectivity index (χ2n) is 4.52. The summed E-state index contributed by atoms with van der Waals surface area (Å²) in [7, 11) is 0. The molecule has 3 aromatic rings. The van der Waals surface area contributed by atoms with E-state index in [0.717, 1.165) is 23.4 Å². The van der Waals surface area contributed by atoms with Crippen molar-refractivity contribution in [2.24, 2.45) is 0 Å². The molecule has 1 heterocycles. The van der Waals surface area contributed by atoms with Crippen molar-refractivity contribution in [1.29, 1.82) is 0 Å². The van der Waals surface area contributed by atoms with Crippen LogP contribution in [-0.2, 0) is 6.42 Å². The van der Waals surface area contributed by atoms with Gasteiger partial charge in [-0.25, -0.2) is 4.98 Å². The molecule has 0 radical (unpaired) electrons. The molecule has 2 aromatic carbocycles. The van der Waals surface area contributed by atoms with Crippen molar-refractivity contribution in [3.63, 3.8) is 0 Å². The zero-order chi connectivity index (χ0) is 13.9. The number of halogens is 1. The Morgan fingerprint density at radius 2 is 1.90 bits per heavy atom. The van der Waals surface area contributed by atoms with Crippen LogP contribution in [0.3, 0.4) is 0 Å². The van der Waals surface area contributed by atoms with Crippen LogP contribution in [0.4, 0.5) is 0 Å². The molecule has 102 valence electrons. The number of rotatable bonds is 4. The number of hydrogen-bond acceptors (Lipinski definition) is 3. The highest BCUT2D eigenvalue weighted by Gasteiger charge is 2.13. The SMILES string of the molecule is CSc1ccc(C(Br)Cc2nc3ccccc3o2)cc1. The van der Waals surface area contributed by atoms with Crippen LogP contribution in [0.15, 0.2) is 57.8 Å². The first kappa shape index (κ1) is 13.7. The van der Waals surface area contributed by atoms with Crippen molar-refractivity contribution in [3.05, 3.63) is 60.0 Å². The van der Waals surface area contributed by atoms with E-state index < -0.39 is 0 Å². The average molecular weight is 348 g/mol. The average Bonchev–Trinajstić information content (AvgIpc) is 2.89. The van der Waals surface area contributed by atoms with Gasteiger partial charge in [0.25, 0.3) is 0 Å². The van der Waals surface area contributed by atoms with Gasteiger partial charge in [0, 0.05) is 16.1 Å². The molecule has 0 saturated heterocycles. The fourth-order valence-electron chi connectivity index (χ4n) is 2.09. The monoisotopic (exact) mass is 347 g/mol. The lowest BCUT2D eigenvalue weighted by molar-refractivity contribution is 0.527. The zero-order valence-corrected chi connectivity index (χ0v) is 13.4. The van der Waals surface area contributed by atoms with Crippen molar-refractivity contribution >= 4 is 38.8 Å². The Kier molecular flexibility index (Phi) is 4.13. The summed E-state index contributed by atoms with van der Waals surface area (Å²) in [4.78, 5) is 6.00. The second kappa shape index (κ2) is 6.02. The molecule has 2 nitrogen and oxygen atoms in total. The van der Waals surface area contributed by atoms with Crippen molar-refractivity contribution in [3.8, 4) is 0 Å². The minimum Gasteiger partial charge on any atom is -0.441 e. The number of thioether (sulfide) groups is 1. The third-order valence-corrected chi connectivity index (χ3v) is 4.77. The Bertz CT molecular complexity index is 675. The molecular formula is C16H14BrNOS. The van der Waals surface area contributed by atoms with Crippen LogP contribution >= 0.6 is 27.7 Å². The molecule has 3 rings (SSSR count). The summed E-state index contributed by atoms with van der Waals surface area (Å²) in [6, 6.07) is 16.4. The minimum absolute atomic E-state index is 0.214. The predicted octanol–water partition coefficient (Wildman–Crippen LogP) is 5.23. The zero-order valence-electron chi connectivity index (χ0n) is 11.0. The molecule has 4 heteroatoms. The van der Waals surface area contributed by atoms with E-state index >= 15 is 0 Å². The number of fused-ring (bicyclic) bond motifs is 1. The Morgan fingerprint density at radius 3 is 2.60 bits per heavy atom. The summed E-state index contributed by atoms with van der Waals surface area (Å²) in [6.07, 6.45) is 2.83. The van der Waals surface area contributed by atoms with Crippen LogP contribution in [0, 0.1) is 0 Å². The van der Waals surface area contributed by atoms with Crippen LogP contribution in [-0.4, -0.2) is 11.2 Å². The van der Waals surface area contributed by atoms with Gasteiger partial charge in [-0.05, 0) is 36.1 Å². The van der Waals surface area contributed by atoms with E-state index in [1.54, 1.807) is 11.8 Å². The normalized spacial score (nSPS) is 12.7. The Labute approximate surface area is 130 Å². The largest absolute Gasteiger partial charge is 0.441 e. The quantitative estimate of drug-likeness (QED) is 0.477. The van der Waals surface area contributed by atoms with Crippen molar-refractivity contribution in [2.75, 3.05) is 6.26 Å². The van der Waals surface area contributed by atoms with E-state index in [9.17, 15) is 0 Å². The first-order valence-corrected chi connectivity index (χ1v) is 8.53. The van der Waals surface area contributed by atoms with Gasteiger partial charge in [0.05, 0.1) is 0 Å². The Morgan fingerprint density at radius 1 is 1.15 bits per heavy atom. The van der Waals surface area contributed by atoms with Gasteiger partial charge < -0.3 is 4.42 Å². The number of para-hydroxylation sites is 2. The van der Waals surface area contributed by atoms with Crippen LogP contribution in [0.2, 0.25) is 0 Å². The van der Waals surface area contributed by atoms with Crippen molar-refractivity contribution in [2.45, 2.75) is 16.1 Å². The van der Waals surface area contributed by atoms with Crippen LogP contribution < -0.4 is 0 Å². The molecule has 0 aliphatic rings. The molecule has 0 amide bonds. The number of nitrogens with zero attached hydrogens (tertiary/aromatic N) is 1. The van der Waals surface area contributed by atoms with Gasteiger partial charge in [0.1, 0.15) is 5.52 Å². The molecule has 0 N–H and O–H groups in total. The third kappa shape index (κ3) is 2.91. The summed E-state index contributed by atoms with van der Waals surface area (Å²) in [5.41, 5.74) is 3.00. The van der Waals surface area contributed by atoms with E-state index in [4.69, 9.17) is 4.42 Å². The Hall–Kier alpha value is -1.26. The molecule has 0 aliphatic heterocycles. The topological polar surface area (TPSA) is 26.0 Å². The first-order valence-electron chi connectivity index (χ1n) is 6.39. The number of benzene rings is 2. The number of oxazole rings is 1. The van der Waals surface area contributed by atoms with Crippen molar-refractivity contribution < 1.29 is 4.42 Å². The standard InChI is InChI=1S/C16H14BrNOS/c1-20-12-8-6-11(7-9-12)13(17)10-16-18-14-4-2-3-5-15(14)19-16/h2-9,13H,10H2,1H3. The van der Waals surface area contributed by atoms with Gasteiger partial charge in [0.15, 0.2) is 11.5 Å². The molecule has 0 fully saturated rings. The summed E-state index contributed by atoms with van der Waals surface area (Å²) < 4.78 is 5.76. The summed E-state index contributed by atoms with van der Waals surface area (Å²) >= 11 is 5.47. The number of aromatic nitrogens is 1. The first-order chi connectivity index (χ1) is 9.76. The Balaban J connectivity index is 1.78. The lowest BCUT2D eigenvalue weighted by atomic mass is 10.1. The highest BCUT2D eigenvalue weighted by atomic mass is 79.9.